The molecule has 2 aliphatic rings. The van der Waals surface area contributed by atoms with Gasteiger partial charge in [-0.1, -0.05) is 13.8 Å². The Hall–Kier alpha value is -1.09. The third-order valence-electron chi connectivity index (χ3n) is 4.58. The molecule has 2 nitrogen and oxygen atoms in total. The van der Waals surface area contributed by atoms with E-state index in [4.69, 9.17) is 4.74 Å². The van der Waals surface area contributed by atoms with Crippen molar-refractivity contribution in [3.05, 3.63) is 29.6 Å². The van der Waals surface area contributed by atoms with E-state index in [1.54, 1.807) is 12.1 Å². The second-order valence-corrected chi connectivity index (χ2v) is 6.02. The highest BCUT2D eigenvalue weighted by atomic mass is 19.1. The van der Waals surface area contributed by atoms with Crippen LogP contribution in [0.4, 0.5) is 4.39 Å². The molecular weight excluding hydrogens is 229 g/mol. The lowest BCUT2D eigenvalue weighted by Gasteiger charge is -2.47. The van der Waals surface area contributed by atoms with Gasteiger partial charge < -0.3 is 10.1 Å². The average molecular weight is 249 g/mol. The Morgan fingerprint density at radius 1 is 1.44 bits per heavy atom. The second kappa shape index (κ2) is 4.23. The number of halogens is 1. The first-order chi connectivity index (χ1) is 8.59. The number of hydrogen-bond acceptors (Lipinski definition) is 2. The van der Waals surface area contributed by atoms with Crippen molar-refractivity contribution < 1.29 is 9.13 Å². The Labute approximate surface area is 108 Å². The van der Waals surface area contributed by atoms with Crippen molar-refractivity contribution in [2.24, 2.45) is 11.3 Å². The molecule has 1 N–H and O–H groups in total. The lowest BCUT2D eigenvalue weighted by Crippen LogP contribution is -2.58. The van der Waals surface area contributed by atoms with Gasteiger partial charge in [0.1, 0.15) is 17.7 Å². The van der Waals surface area contributed by atoms with Crippen molar-refractivity contribution in [1.29, 1.82) is 0 Å². The van der Waals surface area contributed by atoms with Crippen LogP contribution in [0.15, 0.2) is 18.2 Å². The first kappa shape index (κ1) is 12.0. The molecule has 1 aromatic rings. The third kappa shape index (κ3) is 1.91. The Kier molecular flexibility index (Phi) is 2.81. The monoisotopic (exact) mass is 249 g/mol. The average Bonchev–Trinajstić information content (AvgIpc) is 2.64. The molecule has 1 fully saturated rings. The number of nitrogens with one attached hydrogen (secondary N) is 1. The van der Waals surface area contributed by atoms with E-state index in [2.05, 4.69) is 19.2 Å². The molecule has 1 saturated heterocycles. The minimum Gasteiger partial charge on any atom is -0.490 e. The minimum absolute atomic E-state index is 0.165. The highest BCUT2D eigenvalue weighted by Gasteiger charge is 2.43. The zero-order valence-corrected chi connectivity index (χ0v) is 11.0. The van der Waals surface area contributed by atoms with Crippen LogP contribution in [-0.2, 0) is 6.42 Å². The summed E-state index contributed by atoms with van der Waals surface area (Å²) in [5.74, 6) is 1.36. The first-order valence-electron chi connectivity index (χ1n) is 6.75. The third-order valence-corrected chi connectivity index (χ3v) is 4.58. The molecule has 0 amide bonds. The SMILES string of the molecule is CC(C)C1(CC2Cc3cc(F)ccc3O2)CNC1. The number of hydrogen-bond donors (Lipinski definition) is 1. The molecule has 2 aliphatic heterocycles. The van der Waals surface area contributed by atoms with Gasteiger partial charge in [-0.2, -0.15) is 0 Å². The van der Waals surface area contributed by atoms with E-state index < -0.39 is 0 Å². The van der Waals surface area contributed by atoms with Gasteiger partial charge in [0, 0.05) is 30.5 Å². The predicted molar refractivity (Wildman–Crippen MR) is 69.3 cm³/mol. The standard InChI is InChI=1S/C15H20FNO/c1-10(2)15(8-17-9-15)7-13-6-11-5-12(16)3-4-14(11)18-13/h3-5,10,13,17H,6-9H2,1-2H3. The van der Waals surface area contributed by atoms with Crippen LogP contribution in [0.5, 0.6) is 5.75 Å². The topological polar surface area (TPSA) is 21.3 Å². The van der Waals surface area contributed by atoms with Gasteiger partial charge in [-0.05, 0) is 30.5 Å². The molecule has 0 radical (unpaired) electrons. The van der Waals surface area contributed by atoms with Crippen molar-refractivity contribution in [3.63, 3.8) is 0 Å². The Morgan fingerprint density at radius 3 is 2.83 bits per heavy atom. The molecule has 18 heavy (non-hydrogen) atoms. The number of fused-ring (bicyclic) bond motifs is 1. The molecule has 0 saturated carbocycles. The maximum Gasteiger partial charge on any atom is 0.123 e. The van der Waals surface area contributed by atoms with E-state index in [0.29, 0.717) is 11.3 Å². The molecule has 3 rings (SSSR count). The van der Waals surface area contributed by atoms with E-state index in [1.807, 2.05) is 0 Å². The first-order valence-corrected chi connectivity index (χ1v) is 6.75. The lowest BCUT2D eigenvalue weighted by atomic mass is 9.68. The largest absolute Gasteiger partial charge is 0.490 e. The number of rotatable bonds is 3. The van der Waals surface area contributed by atoms with Crippen LogP contribution in [0.2, 0.25) is 0 Å². The fraction of sp³-hybridized carbons (Fsp3) is 0.600. The minimum atomic E-state index is -0.165. The maximum atomic E-state index is 13.2. The van der Waals surface area contributed by atoms with Gasteiger partial charge in [0.15, 0.2) is 0 Å². The zero-order valence-electron chi connectivity index (χ0n) is 11.0. The fourth-order valence-corrected chi connectivity index (χ4v) is 3.09. The van der Waals surface area contributed by atoms with Gasteiger partial charge >= 0.3 is 0 Å². The van der Waals surface area contributed by atoms with Crippen molar-refractivity contribution in [3.8, 4) is 5.75 Å². The summed E-state index contributed by atoms with van der Waals surface area (Å²) in [5, 5.41) is 3.37. The van der Waals surface area contributed by atoms with E-state index in [0.717, 1.165) is 37.2 Å². The summed E-state index contributed by atoms with van der Waals surface area (Å²) >= 11 is 0. The molecule has 3 heteroatoms. The summed E-state index contributed by atoms with van der Waals surface area (Å²) in [4.78, 5) is 0. The van der Waals surface area contributed by atoms with Crippen LogP contribution in [0.1, 0.15) is 25.8 Å². The summed E-state index contributed by atoms with van der Waals surface area (Å²) in [5.41, 5.74) is 1.39. The normalized spacial score (nSPS) is 24.6. The van der Waals surface area contributed by atoms with Crippen molar-refractivity contribution in [1.82, 2.24) is 5.32 Å². The fourth-order valence-electron chi connectivity index (χ4n) is 3.09. The Morgan fingerprint density at radius 2 is 2.22 bits per heavy atom. The van der Waals surface area contributed by atoms with Gasteiger partial charge in [-0.15, -0.1) is 0 Å². The molecule has 1 aromatic carbocycles. The molecule has 0 aliphatic carbocycles. The van der Waals surface area contributed by atoms with Crippen LogP contribution in [-0.4, -0.2) is 19.2 Å². The van der Waals surface area contributed by atoms with Gasteiger partial charge in [0.05, 0.1) is 0 Å². The zero-order chi connectivity index (χ0) is 12.8. The van der Waals surface area contributed by atoms with Crippen LogP contribution in [0.3, 0.4) is 0 Å². The summed E-state index contributed by atoms with van der Waals surface area (Å²) in [6, 6.07) is 4.84. The molecule has 0 bridgehead atoms. The summed E-state index contributed by atoms with van der Waals surface area (Å²) in [6.07, 6.45) is 2.13. The molecule has 0 spiro atoms. The van der Waals surface area contributed by atoms with E-state index in [-0.39, 0.29) is 11.9 Å². The highest BCUT2D eigenvalue weighted by Crippen LogP contribution is 2.41. The maximum absolute atomic E-state index is 13.2. The molecule has 1 unspecified atom stereocenters. The van der Waals surface area contributed by atoms with Gasteiger partial charge in [0.25, 0.3) is 0 Å². The summed E-state index contributed by atoms with van der Waals surface area (Å²) < 4.78 is 19.1. The molecule has 2 heterocycles. The van der Waals surface area contributed by atoms with Gasteiger partial charge in [-0.25, -0.2) is 4.39 Å². The van der Waals surface area contributed by atoms with Crippen LogP contribution in [0.25, 0.3) is 0 Å². The van der Waals surface area contributed by atoms with Gasteiger partial charge in [-0.3, -0.25) is 0 Å². The Balaban J connectivity index is 1.71. The van der Waals surface area contributed by atoms with Crippen LogP contribution < -0.4 is 10.1 Å². The second-order valence-electron chi connectivity index (χ2n) is 6.02. The smallest absolute Gasteiger partial charge is 0.123 e. The van der Waals surface area contributed by atoms with Gasteiger partial charge in [0.2, 0.25) is 0 Å². The van der Waals surface area contributed by atoms with Crippen molar-refractivity contribution in [2.45, 2.75) is 32.8 Å². The summed E-state index contributed by atoms with van der Waals surface area (Å²) in [6.45, 7) is 6.72. The van der Waals surface area contributed by atoms with E-state index in [9.17, 15) is 4.39 Å². The van der Waals surface area contributed by atoms with Crippen molar-refractivity contribution in [2.75, 3.05) is 13.1 Å². The molecular formula is C15H20FNO. The highest BCUT2D eigenvalue weighted by molar-refractivity contribution is 5.38. The number of ether oxygens (including phenoxy) is 1. The lowest BCUT2D eigenvalue weighted by molar-refractivity contribution is 0.0404. The predicted octanol–water partition coefficient (Wildman–Crippen LogP) is 2.76. The van der Waals surface area contributed by atoms with E-state index in [1.165, 1.54) is 6.07 Å². The molecule has 1 atom stereocenters. The molecule has 0 aromatic heterocycles. The number of benzene rings is 1. The van der Waals surface area contributed by atoms with Crippen LogP contribution in [0, 0.1) is 17.2 Å². The van der Waals surface area contributed by atoms with Crippen molar-refractivity contribution >= 4 is 0 Å². The van der Waals surface area contributed by atoms with E-state index >= 15 is 0 Å². The molecule has 98 valence electrons. The van der Waals surface area contributed by atoms with Crippen LogP contribution >= 0.6 is 0 Å². The summed E-state index contributed by atoms with van der Waals surface area (Å²) in [7, 11) is 0. The quantitative estimate of drug-likeness (QED) is 0.889. The Bertz CT molecular complexity index is 454.